The molecular weight excluding hydrogens is 410 g/mol. The van der Waals surface area contributed by atoms with E-state index in [1.807, 2.05) is 17.5 Å². The smallest absolute Gasteiger partial charge is 0.270 e. The number of carbonyl (C=O) groups is 1. The lowest BCUT2D eigenvalue weighted by atomic mass is 10.2. The molecule has 1 saturated heterocycles. The van der Waals surface area contributed by atoms with Crippen molar-refractivity contribution in [1.82, 2.24) is 13.8 Å². The number of aromatic nitrogens is 1. The van der Waals surface area contributed by atoms with Crippen LogP contribution >= 0.6 is 11.3 Å². The number of aryl methyl sites for hydroxylation is 1. The first kappa shape index (κ1) is 22.0. The van der Waals surface area contributed by atoms with Crippen LogP contribution < -0.4 is 0 Å². The van der Waals surface area contributed by atoms with Crippen molar-refractivity contribution in [2.24, 2.45) is 7.05 Å². The zero-order valence-electron chi connectivity index (χ0n) is 17.2. The Kier molecular flexibility index (Phi) is 7.15. The minimum absolute atomic E-state index is 0.0260. The van der Waals surface area contributed by atoms with Gasteiger partial charge in [0.05, 0.1) is 12.6 Å². The topological polar surface area (TPSA) is 71.8 Å². The maximum Gasteiger partial charge on any atom is 0.270 e. The molecule has 1 amide bonds. The van der Waals surface area contributed by atoms with Gasteiger partial charge in [0.15, 0.2) is 0 Å². The third-order valence-corrected chi connectivity index (χ3v) is 8.08. The van der Waals surface area contributed by atoms with Crippen molar-refractivity contribution in [2.75, 3.05) is 26.2 Å². The maximum absolute atomic E-state index is 13.4. The molecule has 1 fully saturated rings. The fraction of sp³-hybridized carbons (Fsp3) is 0.550. The van der Waals surface area contributed by atoms with Gasteiger partial charge in [-0.25, -0.2) is 8.42 Å². The summed E-state index contributed by atoms with van der Waals surface area (Å²) in [6, 6.07) is 5.46. The van der Waals surface area contributed by atoms with E-state index in [2.05, 4.69) is 0 Å². The number of amides is 1. The van der Waals surface area contributed by atoms with Gasteiger partial charge in [-0.3, -0.25) is 4.79 Å². The summed E-state index contributed by atoms with van der Waals surface area (Å²) < 4.78 is 34.5. The van der Waals surface area contributed by atoms with Crippen molar-refractivity contribution in [2.45, 2.75) is 44.2 Å². The van der Waals surface area contributed by atoms with Crippen molar-refractivity contribution >= 4 is 27.3 Å². The van der Waals surface area contributed by atoms with E-state index in [-0.39, 0.29) is 16.9 Å². The van der Waals surface area contributed by atoms with Crippen molar-refractivity contribution in [3.63, 3.8) is 0 Å². The van der Waals surface area contributed by atoms with Gasteiger partial charge in [0.1, 0.15) is 10.6 Å². The largest absolute Gasteiger partial charge is 0.376 e. The van der Waals surface area contributed by atoms with E-state index >= 15 is 0 Å². The number of sulfonamides is 1. The lowest BCUT2D eigenvalue weighted by Crippen LogP contribution is -2.37. The molecule has 7 nitrogen and oxygen atoms in total. The van der Waals surface area contributed by atoms with Crippen LogP contribution in [0.1, 0.15) is 42.1 Å². The first-order chi connectivity index (χ1) is 13.9. The molecule has 1 aliphatic heterocycles. The second-order valence-electron chi connectivity index (χ2n) is 7.16. The average molecular weight is 440 g/mol. The molecule has 0 saturated carbocycles. The Morgan fingerprint density at radius 1 is 1.34 bits per heavy atom. The summed E-state index contributed by atoms with van der Waals surface area (Å²) >= 11 is 1.60. The highest BCUT2D eigenvalue weighted by molar-refractivity contribution is 7.89. The van der Waals surface area contributed by atoms with Gasteiger partial charge in [0, 0.05) is 44.4 Å². The molecule has 1 aliphatic rings. The summed E-state index contributed by atoms with van der Waals surface area (Å²) in [6.07, 6.45) is 3.49. The molecule has 9 heteroatoms. The second kappa shape index (κ2) is 9.42. The highest BCUT2D eigenvalue weighted by Crippen LogP contribution is 2.22. The summed E-state index contributed by atoms with van der Waals surface area (Å²) in [5.74, 6) is -0.183. The Morgan fingerprint density at radius 3 is 2.69 bits per heavy atom. The van der Waals surface area contributed by atoms with Crippen LogP contribution in [0, 0.1) is 0 Å². The average Bonchev–Trinajstić information content (AvgIpc) is 3.44. The van der Waals surface area contributed by atoms with Gasteiger partial charge in [0.2, 0.25) is 10.0 Å². The molecule has 1 atom stereocenters. The summed E-state index contributed by atoms with van der Waals surface area (Å²) in [5, 5.41) is 1.99. The number of thiophene rings is 1. The monoisotopic (exact) mass is 439 g/mol. The number of hydrogen-bond donors (Lipinski definition) is 0. The van der Waals surface area contributed by atoms with Gasteiger partial charge in [-0.1, -0.05) is 19.9 Å². The van der Waals surface area contributed by atoms with Gasteiger partial charge in [0.25, 0.3) is 5.91 Å². The minimum Gasteiger partial charge on any atom is -0.376 e. The zero-order valence-corrected chi connectivity index (χ0v) is 18.8. The first-order valence-corrected chi connectivity index (χ1v) is 12.3. The Balaban J connectivity index is 1.87. The lowest BCUT2D eigenvalue weighted by molar-refractivity contribution is 0.0502. The standard InChI is InChI=1S/C20H29N3O4S2/c1-4-23(5-2)29(25,26)18-12-19(21(3)15-18)20(24)22(13-16-8-6-10-27-16)14-17-9-7-11-28-17/h7,9,11-12,15-16H,4-6,8,10,13-14H2,1-3H3. The van der Waals surface area contributed by atoms with E-state index in [0.717, 1.165) is 24.3 Å². The first-order valence-electron chi connectivity index (χ1n) is 9.96. The van der Waals surface area contributed by atoms with E-state index < -0.39 is 10.0 Å². The molecule has 0 spiro atoms. The van der Waals surface area contributed by atoms with Crippen molar-refractivity contribution in [1.29, 1.82) is 0 Å². The molecule has 1 unspecified atom stereocenters. The van der Waals surface area contributed by atoms with Gasteiger partial charge in [-0.2, -0.15) is 4.31 Å². The van der Waals surface area contributed by atoms with Gasteiger partial charge in [-0.05, 0) is 30.4 Å². The van der Waals surface area contributed by atoms with Crippen LogP contribution in [0.3, 0.4) is 0 Å². The van der Waals surface area contributed by atoms with Crippen LogP contribution in [0.25, 0.3) is 0 Å². The van der Waals surface area contributed by atoms with Crippen LogP contribution in [0.15, 0.2) is 34.7 Å². The fourth-order valence-electron chi connectivity index (χ4n) is 3.61. The van der Waals surface area contributed by atoms with Crippen LogP contribution in [0.2, 0.25) is 0 Å². The molecular formula is C20H29N3O4S2. The van der Waals surface area contributed by atoms with Gasteiger partial charge < -0.3 is 14.2 Å². The van der Waals surface area contributed by atoms with Gasteiger partial charge in [-0.15, -0.1) is 11.3 Å². The Hall–Kier alpha value is -1.68. The van der Waals surface area contributed by atoms with Crippen LogP contribution in [-0.2, 0) is 28.4 Å². The Labute approximate surface area is 176 Å². The van der Waals surface area contributed by atoms with Crippen molar-refractivity contribution < 1.29 is 17.9 Å². The number of nitrogens with zero attached hydrogens (tertiary/aromatic N) is 3. The third-order valence-electron chi connectivity index (χ3n) is 5.20. The highest BCUT2D eigenvalue weighted by atomic mass is 32.2. The summed E-state index contributed by atoms with van der Waals surface area (Å²) in [7, 11) is -1.90. The van der Waals surface area contributed by atoms with Crippen LogP contribution in [0.5, 0.6) is 0 Å². The predicted octanol–water partition coefficient (Wildman–Crippen LogP) is 2.94. The number of rotatable bonds is 9. The molecule has 160 valence electrons. The molecule has 3 rings (SSSR count). The van der Waals surface area contributed by atoms with E-state index in [1.54, 1.807) is 41.7 Å². The fourth-order valence-corrected chi connectivity index (χ4v) is 5.86. The van der Waals surface area contributed by atoms with Gasteiger partial charge >= 0.3 is 0 Å². The number of hydrogen-bond acceptors (Lipinski definition) is 5. The zero-order chi connectivity index (χ0) is 21.0. The Morgan fingerprint density at radius 2 is 2.10 bits per heavy atom. The van der Waals surface area contributed by atoms with E-state index in [4.69, 9.17) is 4.74 Å². The lowest BCUT2D eigenvalue weighted by Gasteiger charge is -2.25. The highest BCUT2D eigenvalue weighted by Gasteiger charge is 2.29. The van der Waals surface area contributed by atoms with Crippen molar-refractivity contribution in [3.05, 3.63) is 40.3 Å². The quantitative estimate of drug-likeness (QED) is 0.602. The molecule has 29 heavy (non-hydrogen) atoms. The molecule has 0 bridgehead atoms. The van der Waals surface area contributed by atoms with Crippen LogP contribution in [0.4, 0.5) is 0 Å². The molecule has 3 heterocycles. The second-order valence-corrected chi connectivity index (χ2v) is 10.1. The third kappa shape index (κ3) is 4.91. The molecule has 0 aliphatic carbocycles. The van der Waals surface area contributed by atoms with E-state index in [0.29, 0.717) is 31.9 Å². The summed E-state index contributed by atoms with van der Waals surface area (Å²) in [4.78, 5) is 16.4. The number of ether oxygens (including phenoxy) is 1. The molecule has 0 aromatic carbocycles. The summed E-state index contributed by atoms with van der Waals surface area (Å²) in [6.45, 7) is 6.10. The SMILES string of the molecule is CCN(CC)S(=O)(=O)c1cc(C(=O)N(Cc2cccs2)CC2CCCO2)n(C)c1. The molecule has 2 aromatic rings. The maximum atomic E-state index is 13.4. The normalized spacial score (nSPS) is 17.2. The van der Waals surface area contributed by atoms with Crippen molar-refractivity contribution in [3.8, 4) is 0 Å². The molecule has 0 N–H and O–H groups in total. The Bertz CT molecular complexity index is 912. The minimum atomic E-state index is -3.62. The molecule has 0 radical (unpaired) electrons. The van der Waals surface area contributed by atoms with Crippen LogP contribution in [-0.4, -0.2) is 60.4 Å². The molecule has 2 aromatic heterocycles. The van der Waals surface area contributed by atoms with E-state index in [1.165, 1.54) is 16.6 Å². The summed E-state index contributed by atoms with van der Waals surface area (Å²) in [5.41, 5.74) is 0.366. The van der Waals surface area contributed by atoms with E-state index in [9.17, 15) is 13.2 Å². The predicted molar refractivity (Wildman–Crippen MR) is 114 cm³/mol. The number of carbonyl (C=O) groups excluding carboxylic acids is 1.